The van der Waals surface area contributed by atoms with Crippen molar-refractivity contribution in [2.24, 2.45) is 11.8 Å². The van der Waals surface area contributed by atoms with Crippen molar-refractivity contribution in [1.29, 1.82) is 0 Å². The molecule has 0 saturated carbocycles. The number of hydroxylamine groups is 2. The van der Waals surface area contributed by atoms with Crippen LogP contribution < -0.4 is 31.1 Å². The Balaban J connectivity index is 0.000000324. The van der Waals surface area contributed by atoms with Gasteiger partial charge in [-0.15, -0.1) is 0 Å². The summed E-state index contributed by atoms with van der Waals surface area (Å²) in [5.74, 6) is -2.35. The molecule has 3 heterocycles. The number of likely N-dealkylation sites (N-methyl/N-ethyl adjacent to an activating group) is 2. The smallest absolute Gasteiger partial charge is 0.247 e. The highest BCUT2D eigenvalue weighted by atomic mass is 16.7. The lowest BCUT2D eigenvalue weighted by molar-refractivity contribution is -0.140. The van der Waals surface area contributed by atoms with Gasteiger partial charge >= 0.3 is 0 Å². The first-order chi connectivity index (χ1) is 27.8. The molecule has 17 heteroatoms. The minimum Gasteiger partial charge on any atom is -0.454 e. The number of nitrogens with one attached hydrogen (secondary N) is 4. The van der Waals surface area contributed by atoms with E-state index in [1.807, 2.05) is 18.2 Å². The second-order valence-electron chi connectivity index (χ2n) is 15.7. The van der Waals surface area contributed by atoms with Gasteiger partial charge in [-0.05, 0) is 63.1 Å². The molecule has 0 radical (unpaired) electrons. The molecule has 326 valence electrons. The number of hydrogen-bond donors (Lipinski definition) is 7. The maximum Gasteiger partial charge on any atom is 0.247 e. The van der Waals surface area contributed by atoms with E-state index in [-0.39, 0.29) is 37.4 Å². The van der Waals surface area contributed by atoms with Crippen LogP contribution in [0.3, 0.4) is 0 Å². The monoisotopic (exact) mass is 818 g/mol. The number of fused-ring (bicyclic) bond motifs is 1. The van der Waals surface area contributed by atoms with E-state index in [2.05, 4.69) is 10.6 Å². The topological polar surface area (TPSA) is 236 Å². The van der Waals surface area contributed by atoms with Gasteiger partial charge in [0, 0.05) is 51.9 Å². The summed E-state index contributed by atoms with van der Waals surface area (Å²) in [4.78, 5) is 77.8. The first-order valence-corrected chi connectivity index (χ1v) is 20.9. The van der Waals surface area contributed by atoms with Crippen LogP contribution in [0, 0.1) is 11.8 Å². The van der Waals surface area contributed by atoms with Gasteiger partial charge in [0.25, 0.3) is 0 Å². The number of benzene rings is 1. The summed E-state index contributed by atoms with van der Waals surface area (Å²) in [6.07, 6.45) is 12.5. The van der Waals surface area contributed by atoms with E-state index in [0.717, 1.165) is 82.6 Å². The molecule has 0 bridgehead atoms. The number of aliphatic hydroxyl groups excluding tert-OH is 1. The van der Waals surface area contributed by atoms with Crippen molar-refractivity contribution in [3.8, 4) is 11.5 Å². The quantitative estimate of drug-likeness (QED) is 0.149. The van der Waals surface area contributed by atoms with E-state index < -0.39 is 47.7 Å². The van der Waals surface area contributed by atoms with E-state index in [9.17, 15) is 33.9 Å². The zero-order valence-electron chi connectivity index (χ0n) is 34.5. The summed E-state index contributed by atoms with van der Waals surface area (Å²) in [5, 5.41) is 33.1. The van der Waals surface area contributed by atoms with Crippen LogP contribution in [-0.4, -0.2) is 113 Å². The molecule has 7 N–H and O–H groups in total. The summed E-state index contributed by atoms with van der Waals surface area (Å²) < 4.78 is 10.8. The minimum atomic E-state index is -1.04. The fraction of sp³-hybridized carbons (Fsp3) is 0.707. The van der Waals surface area contributed by atoms with Crippen LogP contribution in [0.2, 0.25) is 0 Å². The molecule has 58 heavy (non-hydrogen) atoms. The predicted octanol–water partition coefficient (Wildman–Crippen LogP) is 3.11. The van der Waals surface area contributed by atoms with Crippen molar-refractivity contribution in [2.45, 2.75) is 141 Å². The molecular weight excluding hydrogens is 752 g/mol. The fourth-order valence-corrected chi connectivity index (χ4v) is 7.42. The molecule has 5 unspecified atom stereocenters. The summed E-state index contributed by atoms with van der Waals surface area (Å²) >= 11 is 0. The first kappa shape index (κ1) is 47.9. The first-order valence-electron chi connectivity index (χ1n) is 20.9. The maximum atomic E-state index is 13.2. The molecule has 0 aliphatic carbocycles. The summed E-state index contributed by atoms with van der Waals surface area (Å²) in [5.41, 5.74) is 4.14. The number of aliphatic hydroxyl groups is 1. The second-order valence-corrected chi connectivity index (χ2v) is 15.7. The lowest BCUT2D eigenvalue weighted by Gasteiger charge is -2.28. The second kappa shape index (κ2) is 25.8. The molecule has 6 amide bonds. The largest absolute Gasteiger partial charge is 0.454 e. The van der Waals surface area contributed by atoms with Crippen molar-refractivity contribution >= 4 is 35.4 Å². The lowest BCUT2D eigenvalue weighted by Crippen LogP contribution is -2.54. The molecule has 0 aromatic heterocycles. The molecule has 3 aliphatic rings. The summed E-state index contributed by atoms with van der Waals surface area (Å²) in [6, 6.07) is 3.94. The Hall–Kier alpha value is -4.48. The van der Waals surface area contributed by atoms with Crippen molar-refractivity contribution in [2.75, 3.05) is 34.0 Å². The van der Waals surface area contributed by atoms with Gasteiger partial charge in [-0.2, -0.15) is 0 Å². The third-order valence-corrected chi connectivity index (χ3v) is 11.0. The molecule has 4 rings (SSSR count). The van der Waals surface area contributed by atoms with Crippen LogP contribution in [0.15, 0.2) is 18.2 Å². The molecule has 17 nitrogen and oxygen atoms in total. The van der Waals surface area contributed by atoms with Gasteiger partial charge in [-0.3, -0.25) is 39.2 Å². The number of nitrogens with zero attached hydrogens (tertiary/aromatic N) is 2. The Morgan fingerprint density at radius 2 is 1.21 bits per heavy atom. The van der Waals surface area contributed by atoms with Crippen LogP contribution in [0.4, 0.5) is 0 Å². The number of amides is 6. The molecule has 1 aromatic carbocycles. The Kier molecular flexibility index (Phi) is 21.3. The molecule has 1 aromatic rings. The number of ether oxygens (including phenoxy) is 2. The summed E-state index contributed by atoms with van der Waals surface area (Å²) in [7, 11) is 3.43. The van der Waals surface area contributed by atoms with Crippen LogP contribution in [0.1, 0.15) is 122 Å². The van der Waals surface area contributed by atoms with Gasteiger partial charge in [-0.1, -0.05) is 70.3 Å². The zero-order chi connectivity index (χ0) is 42.5. The van der Waals surface area contributed by atoms with Crippen molar-refractivity contribution in [1.82, 2.24) is 31.4 Å². The van der Waals surface area contributed by atoms with E-state index in [0.29, 0.717) is 50.3 Å². The fourth-order valence-electron chi connectivity index (χ4n) is 7.42. The average Bonchev–Trinajstić information content (AvgIpc) is 3.69. The van der Waals surface area contributed by atoms with Gasteiger partial charge in [0.15, 0.2) is 11.5 Å². The van der Waals surface area contributed by atoms with Gasteiger partial charge in [0.05, 0.1) is 6.10 Å². The molecule has 0 spiro atoms. The van der Waals surface area contributed by atoms with E-state index in [1.54, 1.807) is 30.0 Å². The molecular formula is C41H66N6O11. The Bertz CT molecular complexity index is 1490. The minimum absolute atomic E-state index is 0.110. The maximum absolute atomic E-state index is 13.2. The van der Waals surface area contributed by atoms with Crippen LogP contribution >= 0.6 is 0 Å². The van der Waals surface area contributed by atoms with Gasteiger partial charge in [0.1, 0.15) is 12.1 Å². The van der Waals surface area contributed by atoms with Crippen LogP contribution in [0.5, 0.6) is 11.5 Å². The van der Waals surface area contributed by atoms with E-state index in [1.165, 1.54) is 11.8 Å². The van der Waals surface area contributed by atoms with E-state index >= 15 is 0 Å². The Labute approximate surface area is 341 Å². The number of hydrogen-bond acceptors (Lipinski definition) is 11. The van der Waals surface area contributed by atoms with Crippen molar-refractivity contribution in [3.05, 3.63) is 23.8 Å². The number of aryl methyl sites for hydroxylation is 1. The highest BCUT2D eigenvalue weighted by molar-refractivity contribution is 5.91. The molecule has 2 fully saturated rings. The highest BCUT2D eigenvalue weighted by Crippen LogP contribution is 2.33. The van der Waals surface area contributed by atoms with E-state index in [4.69, 9.17) is 19.9 Å². The SMILES string of the molecule is CC(O)C1NC(=O)C(CC(=O)NO)CCCCCCCCN(C)C1=O.CN1CCCCCCCCC(CC(=O)NO)C(=O)NC(CCc2ccc3c(c2)OCO3)C1=O. The number of carbonyl (C=O) groups is 6. The highest BCUT2D eigenvalue weighted by Gasteiger charge is 2.32. The lowest BCUT2D eigenvalue weighted by atomic mass is 9.94. The normalized spacial score (nSPS) is 23.8. The molecule has 3 aliphatic heterocycles. The third-order valence-electron chi connectivity index (χ3n) is 11.0. The van der Waals surface area contributed by atoms with Gasteiger partial charge in [-0.25, -0.2) is 11.0 Å². The standard InChI is InChI=1S/C24H35N3O6.C17H31N3O5/c1-27-13-7-5-3-2-4-6-8-18(15-22(28)26-31)23(29)25-19(24(27)30)11-9-17-10-12-20-21(14-17)33-16-32-20;1-12(21)15-17(24)20(2)10-8-6-4-3-5-7-9-13(16(23)18-15)11-14(22)19-25/h10,12,14,18-19,31H,2-9,11,13,15-16H2,1H3,(H,25,29)(H,26,28);12-13,15,21,25H,3-11H2,1-2H3,(H,18,23)(H,19,22). The van der Waals surface area contributed by atoms with Gasteiger partial charge < -0.3 is 35.0 Å². The zero-order valence-corrected chi connectivity index (χ0v) is 34.5. The average molecular weight is 819 g/mol. The van der Waals surface area contributed by atoms with Gasteiger partial charge in [0.2, 0.25) is 42.2 Å². The molecule has 5 atom stereocenters. The predicted molar refractivity (Wildman–Crippen MR) is 212 cm³/mol. The van der Waals surface area contributed by atoms with Crippen LogP contribution in [0.25, 0.3) is 0 Å². The third kappa shape index (κ3) is 16.4. The number of rotatable bonds is 8. The van der Waals surface area contributed by atoms with Crippen molar-refractivity contribution < 1.29 is 53.8 Å². The Morgan fingerprint density at radius 1 is 0.724 bits per heavy atom. The number of carbonyl (C=O) groups excluding carboxylic acids is 6. The summed E-state index contributed by atoms with van der Waals surface area (Å²) in [6.45, 7) is 2.87. The van der Waals surface area contributed by atoms with Crippen molar-refractivity contribution in [3.63, 3.8) is 0 Å². The molecule has 2 saturated heterocycles. The Morgan fingerprint density at radius 3 is 1.74 bits per heavy atom. The van der Waals surface area contributed by atoms with Crippen LogP contribution in [-0.2, 0) is 35.2 Å².